The van der Waals surface area contributed by atoms with E-state index in [1.165, 1.54) is 0 Å². The summed E-state index contributed by atoms with van der Waals surface area (Å²) in [5, 5.41) is 30.8. The Bertz CT molecular complexity index is 1110. The van der Waals surface area contributed by atoms with Gasteiger partial charge in [0.05, 0.1) is 18.9 Å². The number of nitrogens with zero attached hydrogens (tertiary/aromatic N) is 4. The number of alkyl halides is 1. The number of aliphatic imine (C=N–C) groups is 1. The van der Waals surface area contributed by atoms with E-state index >= 15 is 0 Å². The molecule has 42 heavy (non-hydrogen) atoms. The zero-order chi connectivity index (χ0) is 31.2. The first-order valence-electron chi connectivity index (χ1n) is 13.6. The van der Waals surface area contributed by atoms with Gasteiger partial charge in [-0.15, -0.1) is 0 Å². The molecule has 232 valence electrons. The first-order chi connectivity index (χ1) is 20.0. The molecule has 1 saturated heterocycles. The lowest BCUT2D eigenvalue weighted by Crippen LogP contribution is -2.63. The number of allylic oxidation sites excluding steroid dienone is 1. The van der Waals surface area contributed by atoms with Crippen LogP contribution in [0, 0.1) is 0 Å². The Hall–Kier alpha value is -4.37. The Morgan fingerprint density at radius 1 is 0.952 bits per heavy atom. The van der Waals surface area contributed by atoms with Crippen LogP contribution in [0.15, 0.2) is 16.9 Å². The highest BCUT2D eigenvalue weighted by molar-refractivity contribution is 6.16. The van der Waals surface area contributed by atoms with Crippen LogP contribution in [0.5, 0.6) is 0 Å². The summed E-state index contributed by atoms with van der Waals surface area (Å²) in [6.07, 6.45) is 3.73. The van der Waals surface area contributed by atoms with Gasteiger partial charge in [-0.05, 0) is 51.4 Å². The summed E-state index contributed by atoms with van der Waals surface area (Å²) in [4.78, 5) is 91.6. The van der Waals surface area contributed by atoms with Gasteiger partial charge in [-0.1, -0.05) is 0 Å². The molecule has 15 nitrogen and oxygen atoms in total. The van der Waals surface area contributed by atoms with Crippen LogP contribution in [0.25, 0.3) is 0 Å². The van der Waals surface area contributed by atoms with Crippen LogP contribution >= 0.6 is 0 Å². The predicted molar refractivity (Wildman–Crippen MR) is 143 cm³/mol. The maximum absolute atomic E-state index is 13.0. The molecule has 2 aliphatic rings. The van der Waals surface area contributed by atoms with E-state index in [0.717, 1.165) is 12.8 Å². The molecule has 2 heterocycles. The number of carboxylic acids is 3. The van der Waals surface area contributed by atoms with Crippen LogP contribution in [0.3, 0.4) is 0 Å². The van der Waals surface area contributed by atoms with Gasteiger partial charge >= 0.3 is 23.9 Å². The highest BCUT2D eigenvalue weighted by Crippen LogP contribution is 2.23. The molecule has 0 saturated carbocycles. The van der Waals surface area contributed by atoms with Gasteiger partial charge in [-0.2, -0.15) is 0 Å². The van der Waals surface area contributed by atoms with Crippen molar-refractivity contribution in [2.75, 3.05) is 26.3 Å². The highest BCUT2D eigenvalue weighted by atomic mass is 19.1. The lowest BCUT2D eigenvalue weighted by atomic mass is 10.0. The molecule has 1 unspecified atom stereocenters. The first-order valence-corrected chi connectivity index (χ1v) is 13.6. The van der Waals surface area contributed by atoms with Crippen molar-refractivity contribution in [1.29, 1.82) is 0 Å². The fraction of sp³-hybridized carbons (Fsp3) is 0.615. The molecular formula is C26H36FN5O10. The molecule has 2 rings (SSSR count). The molecule has 0 aromatic heterocycles. The maximum atomic E-state index is 13.0. The quantitative estimate of drug-likeness (QED) is 0.137. The number of nitrogens with one attached hydrogen (secondary N) is 1. The van der Waals surface area contributed by atoms with E-state index in [1.807, 2.05) is 0 Å². The summed E-state index contributed by atoms with van der Waals surface area (Å²) in [6, 6.07) is -5.04. The molecular weight excluding hydrogens is 561 g/mol. The lowest BCUT2D eigenvalue weighted by Gasteiger charge is -2.38. The molecule has 0 aromatic carbocycles. The molecule has 4 N–H and O–H groups in total. The maximum Gasteiger partial charge on any atom is 0.335 e. The number of hydrogen-bond acceptors (Lipinski definition) is 9. The van der Waals surface area contributed by atoms with Crippen molar-refractivity contribution in [1.82, 2.24) is 20.0 Å². The highest BCUT2D eigenvalue weighted by Gasteiger charge is 2.48. The third-order valence-corrected chi connectivity index (χ3v) is 6.58. The molecule has 0 radical (unpaired) electrons. The zero-order valence-corrected chi connectivity index (χ0v) is 23.1. The number of rotatable bonds is 17. The Balaban J connectivity index is 1.95. The van der Waals surface area contributed by atoms with Gasteiger partial charge in [0, 0.05) is 31.9 Å². The summed E-state index contributed by atoms with van der Waals surface area (Å²) >= 11 is 0. The molecule has 2 aliphatic heterocycles. The summed E-state index contributed by atoms with van der Waals surface area (Å²) in [7, 11) is 0. The topological polar surface area (TPSA) is 214 Å². The molecule has 1 fully saturated rings. The number of carbonyl (C=O) groups is 7. The Morgan fingerprint density at radius 2 is 1.60 bits per heavy atom. The first kappa shape index (κ1) is 33.8. The van der Waals surface area contributed by atoms with Gasteiger partial charge < -0.3 is 25.5 Å². The zero-order valence-electron chi connectivity index (χ0n) is 23.1. The van der Waals surface area contributed by atoms with E-state index in [4.69, 9.17) is 5.11 Å². The van der Waals surface area contributed by atoms with Crippen molar-refractivity contribution in [3.63, 3.8) is 0 Å². The molecule has 0 spiro atoms. The number of barbiturate groups is 1. The molecule has 2 atom stereocenters. The van der Waals surface area contributed by atoms with E-state index in [-0.39, 0.29) is 43.2 Å². The van der Waals surface area contributed by atoms with E-state index in [9.17, 15) is 48.2 Å². The fourth-order valence-electron chi connectivity index (χ4n) is 4.54. The van der Waals surface area contributed by atoms with Crippen molar-refractivity contribution in [3.05, 3.63) is 11.9 Å². The number of carbonyl (C=O) groups excluding carboxylic acids is 4. The van der Waals surface area contributed by atoms with Crippen molar-refractivity contribution in [2.24, 2.45) is 4.99 Å². The summed E-state index contributed by atoms with van der Waals surface area (Å²) in [5.74, 6) is -7.17. The largest absolute Gasteiger partial charge is 0.481 e. The lowest BCUT2D eigenvalue weighted by molar-refractivity contribution is -0.158. The van der Waals surface area contributed by atoms with Gasteiger partial charge in [0.1, 0.15) is 18.5 Å². The molecule has 0 bridgehead atoms. The minimum atomic E-state index is -1.89. The number of aliphatic carboxylic acids is 3. The third kappa shape index (κ3) is 10.2. The number of halogens is 1. The Kier molecular flexibility index (Phi) is 13.5. The van der Waals surface area contributed by atoms with Gasteiger partial charge in [-0.25, -0.2) is 24.2 Å². The van der Waals surface area contributed by atoms with Crippen LogP contribution < -0.4 is 5.32 Å². The average Bonchev–Trinajstić information content (AvgIpc) is 2.89. The normalized spacial score (nSPS) is 18.5. The van der Waals surface area contributed by atoms with Crippen LogP contribution in [0.2, 0.25) is 0 Å². The van der Waals surface area contributed by atoms with Crippen LogP contribution in [0.1, 0.15) is 64.2 Å². The SMILES string of the molecule is O=C(O)CC[C@@H](C(=O)O)N1C(=O)CC(=O)N(C(CCCCNC(=O)CN2/C=C(/CCCF)N=CCCC2)C(=O)O)C1=O. The number of amides is 5. The number of urea groups is 1. The minimum Gasteiger partial charge on any atom is -0.481 e. The van der Waals surface area contributed by atoms with Crippen LogP contribution in [-0.2, 0) is 28.8 Å². The third-order valence-electron chi connectivity index (χ3n) is 6.58. The summed E-state index contributed by atoms with van der Waals surface area (Å²) < 4.78 is 12.5. The number of unbranched alkanes of at least 4 members (excludes halogenated alkanes) is 1. The Labute approximate surface area is 241 Å². The second-order valence-corrected chi connectivity index (χ2v) is 9.81. The summed E-state index contributed by atoms with van der Waals surface area (Å²) in [6.45, 7) is 0.343. The second kappa shape index (κ2) is 16.8. The van der Waals surface area contributed by atoms with E-state index < -0.39 is 73.8 Å². The van der Waals surface area contributed by atoms with E-state index in [2.05, 4.69) is 10.3 Å². The molecule has 16 heteroatoms. The van der Waals surface area contributed by atoms with E-state index in [1.54, 1.807) is 17.3 Å². The van der Waals surface area contributed by atoms with Crippen molar-refractivity contribution in [2.45, 2.75) is 76.3 Å². The predicted octanol–water partition coefficient (Wildman–Crippen LogP) is 0.983. The van der Waals surface area contributed by atoms with Gasteiger partial charge in [0.25, 0.3) is 0 Å². The molecule has 0 aromatic rings. The standard InChI is InChI=1S/C26H36FN5O10/c27-10-5-6-17-15-30(13-4-3-11-28-17)16-20(33)29-12-2-1-7-18(24(38)39)31-21(34)14-22(35)32(26(31)42)19(25(40)41)8-9-23(36)37/h11,15,18-19H,1-10,12-14,16H2,(H,29,33)(H,36,37)(H,38,39)(H,40,41)/b17-15-,28-11?/t18?,19-/m0/s1. The minimum absolute atomic E-state index is 0.0413. The van der Waals surface area contributed by atoms with Gasteiger partial charge in [-0.3, -0.25) is 28.6 Å². The fourth-order valence-corrected chi connectivity index (χ4v) is 4.54. The monoisotopic (exact) mass is 597 g/mol. The molecule has 5 amide bonds. The van der Waals surface area contributed by atoms with Crippen molar-refractivity contribution >= 4 is 47.9 Å². The number of hydrogen-bond donors (Lipinski definition) is 4. The molecule has 0 aliphatic carbocycles. The average molecular weight is 598 g/mol. The summed E-state index contributed by atoms with van der Waals surface area (Å²) in [5.41, 5.74) is 0.679. The Morgan fingerprint density at radius 3 is 2.19 bits per heavy atom. The van der Waals surface area contributed by atoms with Crippen LogP contribution in [0.4, 0.5) is 9.18 Å². The van der Waals surface area contributed by atoms with Crippen molar-refractivity contribution < 1.29 is 53.3 Å². The number of carboxylic acid groups (broad SMARTS) is 3. The van der Waals surface area contributed by atoms with E-state index in [0.29, 0.717) is 30.0 Å². The van der Waals surface area contributed by atoms with Crippen LogP contribution in [-0.4, -0.2) is 116 Å². The van der Waals surface area contributed by atoms with Gasteiger partial charge in [0.2, 0.25) is 17.7 Å². The van der Waals surface area contributed by atoms with Gasteiger partial charge in [0.15, 0.2) is 0 Å². The van der Waals surface area contributed by atoms with Crippen molar-refractivity contribution in [3.8, 4) is 0 Å². The smallest absolute Gasteiger partial charge is 0.335 e. The number of imide groups is 2. The second-order valence-electron chi connectivity index (χ2n) is 9.81.